The van der Waals surface area contributed by atoms with Crippen LogP contribution in [-0.2, 0) is 17.8 Å². The van der Waals surface area contributed by atoms with E-state index in [2.05, 4.69) is 43.2 Å². The molecule has 2 heterocycles. The molecular weight excluding hydrogens is 410 g/mol. The average Bonchev–Trinajstić information content (AvgIpc) is 3.09. The molecule has 178 valence electrons. The zero-order chi connectivity index (χ0) is 23.2. The van der Waals surface area contributed by atoms with E-state index in [1.807, 2.05) is 6.07 Å². The zero-order valence-electron chi connectivity index (χ0n) is 20.3. The van der Waals surface area contributed by atoms with Gasteiger partial charge in [0.2, 0.25) is 5.91 Å². The third-order valence-electron chi connectivity index (χ3n) is 9.11. The second-order valence-electron chi connectivity index (χ2n) is 11.3. The van der Waals surface area contributed by atoms with Gasteiger partial charge in [0, 0.05) is 29.9 Å². The molecule has 0 bridgehead atoms. The second-order valence-corrected chi connectivity index (χ2v) is 11.3. The molecule has 2 N–H and O–H groups in total. The van der Waals surface area contributed by atoms with E-state index in [0.29, 0.717) is 36.4 Å². The molecule has 1 saturated heterocycles. The molecule has 2 saturated carbocycles. The van der Waals surface area contributed by atoms with Crippen LogP contribution in [0.25, 0.3) is 0 Å². The summed E-state index contributed by atoms with van der Waals surface area (Å²) in [7, 11) is 0. The predicted molar refractivity (Wildman–Crippen MR) is 131 cm³/mol. The fourth-order valence-electron chi connectivity index (χ4n) is 6.50. The molecule has 4 atom stereocenters. The van der Waals surface area contributed by atoms with Crippen molar-refractivity contribution in [2.75, 3.05) is 0 Å². The molecule has 0 spiro atoms. The highest BCUT2D eigenvalue weighted by Gasteiger charge is 2.40. The minimum atomic E-state index is -0.389. The maximum Gasteiger partial charge on any atom is 0.255 e. The van der Waals surface area contributed by atoms with E-state index in [4.69, 9.17) is 0 Å². The topological polar surface area (TPSA) is 61.4 Å². The number of nitrogens with zero attached hydrogens (tertiary/aromatic N) is 1. The Bertz CT molecular complexity index is 950. The van der Waals surface area contributed by atoms with Crippen LogP contribution >= 0.6 is 0 Å². The van der Waals surface area contributed by atoms with E-state index in [0.717, 1.165) is 29.7 Å². The molecule has 2 aliphatic heterocycles. The van der Waals surface area contributed by atoms with Gasteiger partial charge in [-0.2, -0.15) is 0 Å². The lowest BCUT2D eigenvalue weighted by Crippen LogP contribution is -2.52. The largest absolute Gasteiger partial charge is 0.329 e. The van der Waals surface area contributed by atoms with Crippen LogP contribution in [0.15, 0.2) is 30.5 Å². The molecular formula is C28H39N3O2. The van der Waals surface area contributed by atoms with Gasteiger partial charge < -0.3 is 15.5 Å². The maximum atomic E-state index is 13.0. The lowest BCUT2D eigenvalue weighted by Gasteiger charge is -2.47. The average molecular weight is 450 g/mol. The molecule has 3 fully saturated rings. The summed E-state index contributed by atoms with van der Waals surface area (Å²) in [6.07, 6.45) is 11.7. The number of benzene rings is 1. The van der Waals surface area contributed by atoms with Crippen molar-refractivity contribution in [1.82, 2.24) is 15.5 Å². The number of carbonyl (C=O) groups excluding carboxylic acids is 2. The van der Waals surface area contributed by atoms with Gasteiger partial charge in [-0.05, 0) is 80.4 Å². The monoisotopic (exact) mass is 449 g/mol. The van der Waals surface area contributed by atoms with Crippen LogP contribution in [0.4, 0.5) is 0 Å². The van der Waals surface area contributed by atoms with E-state index in [-0.39, 0.29) is 17.9 Å². The Labute approximate surface area is 198 Å². The van der Waals surface area contributed by atoms with Gasteiger partial charge in [-0.3, -0.25) is 9.59 Å². The summed E-state index contributed by atoms with van der Waals surface area (Å²) >= 11 is 0. The number of hydrogen-bond acceptors (Lipinski definition) is 3. The highest BCUT2D eigenvalue weighted by Crippen LogP contribution is 2.44. The Morgan fingerprint density at radius 3 is 2.70 bits per heavy atom. The highest BCUT2D eigenvalue weighted by molar-refractivity contribution is 6.01. The van der Waals surface area contributed by atoms with E-state index in [9.17, 15) is 9.59 Å². The second kappa shape index (κ2) is 8.90. The lowest BCUT2D eigenvalue weighted by molar-refractivity contribution is -0.126. The van der Waals surface area contributed by atoms with Crippen molar-refractivity contribution in [3.8, 4) is 0 Å². The Kier molecular flexibility index (Phi) is 6.11. The first-order valence-corrected chi connectivity index (χ1v) is 13.0. The van der Waals surface area contributed by atoms with Gasteiger partial charge in [-0.15, -0.1) is 0 Å². The van der Waals surface area contributed by atoms with Gasteiger partial charge in [-0.1, -0.05) is 44.9 Å². The molecule has 4 aliphatic rings. The van der Waals surface area contributed by atoms with Crippen molar-refractivity contribution in [3.63, 3.8) is 0 Å². The minimum Gasteiger partial charge on any atom is -0.329 e. The highest BCUT2D eigenvalue weighted by atomic mass is 16.2. The minimum absolute atomic E-state index is 0.0102. The number of amides is 2. The van der Waals surface area contributed by atoms with Crippen molar-refractivity contribution in [2.24, 2.45) is 11.3 Å². The molecule has 1 unspecified atom stereocenters. The van der Waals surface area contributed by atoms with Crippen molar-refractivity contribution in [3.05, 3.63) is 47.2 Å². The van der Waals surface area contributed by atoms with Gasteiger partial charge >= 0.3 is 0 Å². The maximum absolute atomic E-state index is 13.0. The third-order valence-corrected chi connectivity index (χ3v) is 9.11. The van der Waals surface area contributed by atoms with E-state index >= 15 is 0 Å². The molecule has 5 rings (SSSR count). The number of piperidine rings is 1. The van der Waals surface area contributed by atoms with E-state index in [1.54, 1.807) is 4.90 Å². The number of rotatable bonds is 6. The van der Waals surface area contributed by atoms with Gasteiger partial charge in [-0.25, -0.2) is 0 Å². The first-order chi connectivity index (χ1) is 15.8. The molecule has 2 amide bonds. The summed E-state index contributed by atoms with van der Waals surface area (Å²) in [6, 6.07) is 7.13. The standard InChI is InChI=1S/C28H39N3O2/c1-18-9-12-25(26(32)29-18)31-17-22-16-20(10-11-23(22)27(31)33)15-21-7-4-5-8-24(21)30-19(2)28(3)13-6-14-28/h10-11,16,19,21,24-25,30H,1,4-9,12-15,17H2,2-3H3,(H,29,32)/t19-,21-,24+,25?/m1/s1. The number of allylic oxidation sites excluding steroid dienone is 1. The first-order valence-electron chi connectivity index (χ1n) is 13.0. The van der Waals surface area contributed by atoms with Crippen molar-refractivity contribution in [2.45, 2.75) is 103 Å². The van der Waals surface area contributed by atoms with Crippen LogP contribution in [0.5, 0.6) is 0 Å². The summed E-state index contributed by atoms with van der Waals surface area (Å²) in [4.78, 5) is 27.3. The fourth-order valence-corrected chi connectivity index (χ4v) is 6.50. The van der Waals surface area contributed by atoms with Gasteiger partial charge in [0.05, 0.1) is 0 Å². The lowest BCUT2D eigenvalue weighted by atomic mass is 9.65. The SMILES string of the molecule is C=C1CCC(N2Cc3cc(C[C@H]4CCCC[C@@H]4N[C@H](C)C4(C)CCC4)ccc3C2=O)C(=O)N1. The summed E-state index contributed by atoms with van der Waals surface area (Å²) in [6.45, 7) is 9.22. The quantitative estimate of drug-likeness (QED) is 0.662. The normalized spacial score (nSPS) is 29.9. The zero-order valence-corrected chi connectivity index (χ0v) is 20.3. The molecule has 5 nitrogen and oxygen atoms in total. The van der Waals surface area contributed by atoms with Crippen LogP contribution in [-0.4, -0.2) is 34.8 Å². The summed E-state index contributed by atoms with van der Waals surface area (Å²) in [5.74, 6) is 0.535. The van der Waals surface area contributed by atoms with Crippen LogP contribution in [0.2, 0.25) is 0 Å². The Balaban J connectivity index is 1.26. The molecule has 0 radical (unpaired) electrons. The van der Waals surface area contributed by atoms with E-state index < -0.39 is 0 Å². The molecule has 1 aromatic rings. The molecule has 5 heteroatoms. The Hall–Kier alpha value is -2.14. The van der Waals surface area contributed by atoms with Gasteiger partial charge in [0.25, 0.3) is 5.91 Å². The smallest absolute Gasteiger partial charge is 0.255 e. The number of carbonyl (C=O) groups is 2. The van der Waals surface area contributed by atoms with Crippen LogP contribution in [0.1, 0.15) is 93.1 Å². The molecule has 2 aliphatic carbocycles. The van der Waals surface area contributed by atoms with E-state index in [1.165, 1.54) is 50.5 Å². The van der Waals surface area contributed by atoms with Crippen LogP contribution in [0, 0.1) is 11.3 Å². The fraction of sp³-hybridized carbons (Fsp3) is 0.643. The predicted octanol–water partition coefficient (Wildman–Crippen LogP) is 4.70. The summed E-state index contributed by atoms with van der Waals surface area (Å²) < 4.78 is 0. The summed E-state index contributed by atoms with van der Waals surface area (Å²) in [5, 5.41) is 6.86. The summed E-state index contributed by atoms with van der Waals surface area (Å²) in [5.41, 5.74) is 4.38. The van der Waals surface area contributed by atoms with Crippen molar-refractivity contribution < 1.29 is 9.59 Å². The first kappa shape index (κ1) is 22.6. The van der Waals surface area contributed by atoms with Crippen LogP contribution < -0.4 is 10.6 Å². The molecule has 33 heavy (non-hydrogen) atoms. The van der Waals surface area contributed by atoms with Crippen molar-refractivity contribution >= 4 is 11.8 Å². The Morgan fingerprint density at radius 1 is 1.18 bits per heavy atom. The van der Waals surface area contributed by atoms with Gasteiger partial charge in [0.15, 0.2) is 0 Å². The van der Waals surface area contributed by atoms with Crippen molar-refractivity contribution in [1.29, 1.82) is 0 Å². The number of hydrogen-bond donors (Lipinski definition) is 2. The van der Waals surface area contributed by atoms with Gasteiger partial charge in [0.1, 0.15) is 6.04 Å². The molecule has 0 aromatic heterocycles. The number of fused-ring (bicyclic) bond motifs is 1. The number of nitrogens with one attached hydrogen (secondary N) is 2. The molecule has 1 aromatic carbocycles. The Morgan fingerprint density at radius 2 is 1.97 bits per heavy atom. The third kappa shape index (κ3) is 4.37. The van der Waals surface area contributed by atoms with Crippen LogP contribution in [0.3, 0.4) is 0 Å².